The Hall–Kier alpha value is -1.28. The molecule has 3 heteroatoms. The Morgan fingerprint density at radius 1 is 1.57 bits per heavy atom. The molecule has 72 valence electrons. The van der Waals surface area contributed by atoms with Crippen LogP contribution in [0.25, 0.3) is 11.0 Å². The van der Waals surface area contributed by atoms with Crippen LogP contribution in [0, 0.1) is 6.92 Å². The van der Waals surface area contributed by atoms with Crippen LogP contribution in [0.3, 0.4) is 0 Å². The number of aryl methyl sites for hydroxylation is 1. The second kappa shape index (κ2) is 3.46. The zero-order chi connectivity index (χ0) is 10.1. The average molecular weight is 207 g/mol. The van der Waals surface area contributed by atoms with Gasteiger partial charge in [0.05, 0.1) is 11.0 Å². The largest absolute Gasteiger partial charge is 0.324 e. The summed E-state index contributed by atoms with van der Waals surface area (Å²) in [6, 6.07) is 5.72. The van der Waals surface area contributed by atoms with Crippen LogP contribution >= 0.6 is 11.6 Å². The summed E-state index contributed by atoms with van der Waals surface area (Å²) in [5.41, 5.74) is 2.05. The molecule has 1 aromatic carbocycles. The van der Waals surface area contributed by atoms with Gasteiger partial charge in [0.15, 0.2) is 0 Å². The lowest BCUT2D eigenvalue weighted by atomic mass is 10.3. The van der Waals surface area contributed by atoms with Crippen LogP contribution in [0.15, 0.2) is 30.9 Å². The van der Waals surface area contributed by atoms with E-state index < -0.39 is 0 Å². The molecule has 0 radical (unpaired) electrons. The molecular weight excluding hydrogens is 196 g/mol. The average Bonchev–Trinajstić information content (AvgIpc) is 2.45. The third kappa shape index (κ3) is 1.42. The Kier molecular flexibility index (Phi) is 2.30. The normalized spacial score (nSPS) is 10.7. The van der Waals surface area contributed by atoms with Gasteiger partial charge in [0.25, 0.3) is 0 Å². The predicted octanol–water partition coefficient (Wildman–Crippen LogP) is 3.18. The van der Waals surface area contributed by atoms with E-state index in [4.69, 9.17) is 11.6 Å². The van der Waals surface area contributed by atoms with E-state index in [1.54, 1.807) is 0 Å². The molecule has 1 aromatic heterocycles. The topological polar surface area (TPSA) is 17.8 Å². The summed E-state index contributed by atoms with van der Waals surface area (Å²) in [6.07, 6.45) is 1.86. The van der Waals surface area contributed by atoms with Crippen molar-refractivity contribution >= 4 is 22.6 Å². The van der Waals surface area contributed by atoms with Gasteiger partial charge in [-0.3, -0.25) is 0 Å². The Bertz CT molecular complexity index is 485. The van der Waals surface area contributed by atoms with Gasteiger partial charge in [0, 0.05) is 11.6 Å². The standard InChI is InChI=1S/C11H11ClN2/c1-3-6-14-8(2)13-10-5-4-9(12)7-11(10)14/h3-5,7H,1,6H2,2H3. The number of aromatic nitrogens is 2. The Morgan fingerprint density at radius 3 is 3.07 bits per heavy atom. The predicted molar refractivity (Wildman–Crippen MR) is 59.7 cm³/mol. The van der Waals surface area contributed by atoms with Crippen molar-refractivity contribution in [1.29, 1.82) is 0 Å². The highest BCUT2D eigenvalue weighted by atomic mass is 35.5. The number of rotatable bonds is 2. The zero-order valence-electron chi connectivity index (χ0n) is 8.00. The number of nitrogens with zero attached hydrogens (tertiary/aromatic N) is 2. The van der Waals surface area contributed by atoms with Crippen molar-refractivity contribution in [2.45, 2.75) is 13.5 Å². The molecular formula is C11H11ClN2. The fourth-order valence-corrected chi connectivity index (χ4v) is 1.74. The monoisotopic (exact) mass is 206 g/mol. The van der Waals surface area contributed by atoms with E-state index in [9.17, 15) is 0 Å². The molecule has 0 aliphatic carbocycles. The van der Waals surface area contributed by atoms with Crippen LogP contribution < -0.4 is 0 Å². The smallest absolute Gasteiger partial charge is 0.107 e. The van der Waals surface area contributed by atoms with E-state index >= 15 is 0 Å². The third-order valence-corrected chi connectivity index (χ3v) is 2.45. The van der Waals surface area contributed by atoms with Crippen LogP contribution in [0.5, 0.6) is 0 Å². The quantitative estimate of drug-likeness (QED) is 0.691. The number of fused-ring (bicyclic) bond motifs is 1. The minimum atomic E-state index is 0.739. The Balaban J connectivity index is 2.72. The van der Waals surface area contributed by atoms with E-state index in [0.29, 0.717) is 0 Å². The number of benzene rings is 1. The second-order valence-electron chi connectivity index (χ2n) is 3.19. The van der Waals surface area contributed by atoms with Gasteiger partial charge < -0.3 is 4.57 Å². The molecule has 0 amide bonds. The summed E-state index contributed by atoms with van der Waals surface area (Å²) in [5.74, 6) is 0.988. The van der Waals surface area contributed by atoms with E-state index in [1.165, 1.54) is 0 Å². The highest BCUT2D eigenvalue weighted by Crippen LogP contribution is 2.20. The summed E-state index contributed by atoms with van der Waals surface area (Å²) >= 11 is 5.93. The van der Waals surface area contributed by atoms with Crippen LogP contribution in [0.2, 0.25) is 5.02 Å². The van der Waals surface area contributed by atoms with Crippen LogP contribution in [-0.2, 0) is 6.54 Å². The maximum absolute atomic E-state index is 5.93. The van der Waals surface area contributed by atoms with Gasteiger partial charge in [-0.1, -0.05) is 17.7 Å². The maximum atomic E-state index is 5.93. The van der Waals surface area contributed by atoms with E-state index in [2.05, 4.69) is 16.1 Å². The number of halogens is 1. The SMILES string of the molecule is C=CCn1c(C)nc2ccc(Cl)cc21. The van der Waals surface area contributed by atoms with Gasteiger partial charge in [-0.15, -0.1) is 6.58 Å². The van der Waals surface area contributed by atoms with Gasteiger partial charge in [-0.25, -0.2) is 4.98 Å². The van der Waals surface area contributed by atoms with E-state index in [0.717, 1.165) is 28.4 Å². The molecule has 2 nitrogen and oxygen atoms in total. The minimum absolute atomic E-state index is 0.739. The van der Waals surface area contributed by atoms with E-state index in [1.807, 2.05) is 31.2 Å². The van der Waals surface area contributed by atoms with Crippen molar-refractivity contribution in [3.63, 3.8) is 0 Å². The zero-order valence-corrected chi connectivity index (χ0v) is 8.75. The van der Waals surface area contributed by atoms with Crippen LogP contribution in [-0.4, -0.2) is 9.55 Å². The molecule has 0 unspecified atom stereocenters. The van der Waals surface area contributed by atoms with Crippen molar-refractivity contribution in [2.24, 2.45) is 0 Å². The molecule has 0 bridgehead atoms. The number of hydrogen-bond acceptors (Lipinski definition) is 1. The molecule has 1 heterocycles. The first kappa shape index (κ1) is 9.28. The van der Waals surface area contributed by atoms with Gasteiger partial charge in [-0.2, -0.15) is 0 Å². The first-order valence-corrected chi connectivity index (χ1v) is 4.83. The van der Waals surface area contributed by atoms with Crippen molar-refractivity contribution in [2.75, 3.05) is 0 Å². The number of hydrogen-bond donors (Lipinski definition) is 0. The fourth-order valence-electron chi connectivity index (χ4n) is 1.58. The molecule has 0 spiro atoms. The van der Waals surface area contributed by atoms with Gasteiger partial charge in [0.2, 0.25) is 0 Å². The number of imidazole rings is 1. The lowest BCUT2D eigenvalue weighted by Gasteiger charge is -2.01. The third-order valence-electron chi connectivity index (χ3n) is 2.21. The lowest BCUT2D eigenvalue weighted by Crippen LogP contribution is -1.97. The molecule has 0 aliphatic heterocycles. The lowest BCUT2D eigenvalue weighted by molar-refractivity contribution is 0.808. The second-order valence-corrected chi connectivity index (χ2v) is 3.63. The Labute approximate surface area is 87.8 Å². The summed E-state index contributed by atoms with van der Waals surface area (Å²) in [6.45, 7) is 6.47. The molecule has 2 rings (SSSR count). The van der Waals surface area contributed by atoms with E-state index in [-0.39, 0.29) is 0 Å². The minimum Gasteiger partial charge on any atom is -0.324 e. The highest BCUT2D eigenvalue weighted by Gasteiger charge is 2.05. The first-order valence-electron chi connectivity index (χ1n) is 4.45. The molecule has 14 heavy (non-hydrogen) atoms. The Morgan fingerprint density at radius 2 is 2.36 bits per heavy atom. The maximum Gasteiger partial charge on any atom is 0.107 e. The summed E-state index contributed by atoms with van der Waals surface area (Å²) in [5, 5.41) is 0.739. The highest BCUT2D eigenvalue weighted by molar-refractivity contribution is 6.31. The van der Waals surface area contributed by atoms with Gasteiger partial charge in [-0.05, 0) is 25.1 Å². The molecule has 0 saturated heterocycles. The number of allylic oxidation sites excluding steroid dienone is 1. The summed E-state index contributed by atoms with van der Waals surface area (Å²) in [4.78, 5) is 4.43. The molecule has 2 aromatic rings. The van der Waals surface area contributed by atoms with Crippen LogP contribution in [0.1, 0.15) is 5.82 Å². The molecule has 0 N–H and O–H groups in total. The first-order chi connectivity index (χ1) is 6.72. The van der Waals surface area contributed by atoms with Crippen molar-refractivity contribution in [3.05, 3.63) is 41.7 Å². The van der Waals surface area contributed by atoms with Crippen molar-refractivity contribution < 1.29 is 0 Å². The van der Waals surface area contributed by atoms with Gasteiger partial charge in [0.1, 0.15) is 5.82 Å². The molecule has 0 aliphatic rings. The molecule has 0 saturated carbocycles. The van der Waals surface area contributed by atoms with Gasteiger partial charge >= 0.3 is 0 Å². The van der Waals surface area contributed by atoms with Crippen LogP contribution in [0.4, 0.5) is 0 Å². The molecule has 0 fully saturated rings. The van der Waals surface area contributed by atoms with Crippen molar-refractivity contribution in [3.8, 4) is 0 Å². The fraction of sp³-hybridized carbons (Fsp3) is 0.182. The molecule has 0 atom stereocenters. The summed E-state index contributed by atoms with van der Waals surface area (Å²) < 4.78 is 2.09. The van der Waals surface area contributed by atoms with Crippen molar-refractivity contribution in [1.82, 2.24) is 9.55 Å². The summed E-state index contributed by atoms with van der Waals surface area (Å²) in [7, 11) is 0.